The van der Waals surface area contributed by atoms with Gasteiger partial charge >= 0.3 is 0 Å². The molecule has 0 aromatic heterocycles. The molecular formula is C21H15BrCl2N2O2. The molecule has 1 N–H and O–H groups in total. The Morgan fingerprint density at radius 3 is 2.61 bits per heavy atom. The lowest BCUT2D eigenvalue weighted by Gasteiger charge is -2.09. The van der Waals surface area contributed by atoms with E-state index < -0.39 is 0 Å². The van der Waals surface area contributed by atoms with Crippen LogP contribution in [0.15, 0.2) is 76.3 Å². The molecule has 0 spiro atoms. The molecule has 1 amide bonds. The first-order valence-electron chi connectivity index (χ1n) is 8.27. The van der Waals surface area contributed by atoms with Gasteiger partial charge in [-0.2, -0.15) is 5.10 Å². The fourth-order valence-electron chi connectivity index (χ4n) is 2.35. The maximum Gasteiger partial charge on any atom is 0.271 e. The zero-order chi connectivity index (χ0) is 19.9. The fraction of sp³-hybridized carbons (Fsp3) is 0.0476. The monoisotopic (exact) mass is 476 g/mol. The molecular weight excluding hydrogens is 463 g/mol. The number of carbonyl (C=O) groups excluding carboxylic acids is 1. The average molecular weight is 478 g/mol. The lowest BCUT2D eigenvalue weighted by Crippen LogP contribution is -2.17. The summed E-state index contributed by atoms with van der Waals surface area (Å²) in [6, 6.07) is 19.8. The second-order valence-corrected chi connectivity index (χ2v) is 7.51. The average Bonchev–Trinajstić information content (AvgIpc) is 2.68. The highest BCUT2D eigenvalue weighted by Gasteiger charge is 2.06. The molecule has 0 heterocycles. The highest BCUT2D eigenvalue weighted by molar-refractivity contribution is 9.10. The van der Waals surface area contributed by atoms with Crippen LogP contribution in [0.1, 0.15) is 21.5 Å². The zero-order valence-corrected chi connectivity index (χ0v) is 17.6. The van der Waals surface area contributed by atoms with Crippen LogP contribution in [0.3, 0.4) is 0 Å². The normalized spacial score (nSPS) is 10.8. The van der Waals surface area contributed by atoms with Gasteiger partial charge in [0.25, 0.3) is 5.91 Å². The summed E-state index contributed by atoms with van der Waals surface area (Å²) in [6.45, 7) is 0.315. The molecule has 7 heteroatoms. The molecule has 0 bridgehead atoms. The minimum absolute atomic E-state index is 0.302. The molecule has 0 saturated carbocycles. The molecule has 3 rings (SSSR count). The Morgan fingerprint density at radius 2 is 1.86 bits per heavy atom. The number of hydrogen-bond acceptors (Lipinski definition) is 3. The summed E-state index contributed by atoms with van der Waals surface area (Å²) in [5.41, 5.74) is 4.59. The molecule has 0 saturated heterocycles. The molecule has 4 nitrogen and oxygen atoms in total. The summed E-state index contributed by atoms with van der Waals surface area (Å²) >= 11 is 15.7. The van der Waals surface area contributed by atoms with Crippen molar-refractivity contribution >= 4 is 51.3 Å². The molecule has 3 aromatic carbocycles. The molecule has 0 aliphatic carbocycles. The van der Waals surface area contributed by atoms with Crippen molar-refractivity contribution in [1.29, 1.82) is 0 Å². The number of benzene rings is 3. The lowest BCUT2D eigenvalue weighted by atomic mass is 10.2. The Hall–Kier alpha value is -2.34. The molecule has 142 valence electrons. The Labute approximate surface area is 181 Å². The SMILES string of the molecule is O=C(N/N=C\c1ccc(OCc2ccccc2Cl)c(Cl)c1)c1cccc(Br)c1. The third-order valence-corrected chi connectivity index (χ3v) is 4.92. The van der Waals surface area contributed by atoms with E-state index in [2.05, 4.69) is 26.5 Å². The number of carbonyl (C=O) groups is 1. The molecule has 0 atom stereocenters. The number of nitrogens with zero attached hydrogens (tertiary/aromatic N) is 1. The predicted molar refractivity (Wildman–Crippen MR) is 116 cm³/mol. The minimum Gasteiger partial charge on any atom is -0.487 e. The first-order valence-corrected chi connectivity index (χ1v) is 9.82. The van der Waals surface area contributed by atoms with E-state index in [1.165, 1.54) is 6.21 Å². The van der Waals surface area contributed by atoms with Crippen LogP contribution in [0.4, 0.5) is 0 Å². The van der Waals surface area contributed by atoms with Crippen molar-refractivity contribution < 1.29 is 9.53 Å². The van der Waals surface area contributed by atoms with Crippen LogP contribution in [-0.2, 0) is 6.61 Å². The highest BCUT2D eigenvalue weighted by Crippen LogP contribution is 2.27. The number of halogens is 3. The molecule has 0 aliphatic rings. The van der Waals surface area contributed by atoms with Gasteiger partial charge in [-0.25, -0.2) is 5.43 Å². The summed E-state index contributed by atoms with van der Waals surface area (Å²) in [5.74, 6) is 0.236. The Balaban J connectivity index is 1.60. The molecule has 0 unspecified atom stereocenters. The van der Waals surface area contributed by atoms with E-state index in [-0.39, 0.29) is 5.91 Å². The van der Waals surface area contributed by atoms with Crippen molar-refractivity contribution in [1.82, 2.24) is 5.43 Å². The van der Waals surface area contributed by atoms with Gasteiger partial charge < -0.3 is 4.74 Å². The number of ether oxygens (including phenoxy) is 1. The van der Waals surface area contributed by atoms with E-state index in [4.69, 9.17) is 27.9 Å². The zero-order valence-electron chi connectivity index (χ0n) is 14.5. The number of nitrogens with one attached hydrogen (secondary N) is 1. The molecule has 0 aliphatic heterocycles. The minimum atomic E-state index is -0.302. The van der Waals surface area contributed by atoms with Crippen LogP contribution in [-0.4, -0.2) is 12.1 Å². The van der Waals surface area contributed by atoms with Crippen LogP contribution in [0.25, 0.3) is 0 Å². The van der Waals surface area contributed by atoms with Crippen LogP contribution in [0, 0.1) is 0 Å². The van der Waals surface area contributed by atoms with E-state index >= 15 is 0 Å². The maximum atomic E-state index is 12.1. The number of rotatable bonds is 6. The summed E-state index contributed by atoms with van der Waals surface area (Å²) < 4.78 is 6.56. The van der Waals surface area contributed by atoms with Gasteiger partial charge in [0.2, 0.25) is 0 Å². The number of hydrogen-bond donors (Lipinski definition) is 1. The first-order chi connectivity index (χ1) is 13.5. The smallest absolute Gasteiger partial charge is 0.271 e. The van der Waals surface area contributed by atoms with E-state index in [0.29, 0.717) is 28.0 Å². The summed E-state index contributed by atoms with van der Waals surface area (Å²) in [7, 11) is 0. The van der Waals surface area contributed by atoms with Crippen molar-refractivity contribution in [2.24, 2.45) is 5.10 Å². The van der Waals surface area contributed by atoms with E-state index in [1.54, 1.807) is 36.4 Å². The fourth-order valence-corrected chi connectivity index (χ4v) is 3.18. The van der Waals surface area contributed by atoms with E-state index in [0.717, 1.165) is 15.6 Å². The van der Waals surface area contributed by atoms with Crippen LogP contribution in [0.2, 0.25) is 10.0 Å². The second kappa shape index (κ2) is 9.73. The summed E-state index contributed by atoms with van der Waals surface area (Å²) in [4.78, 5) is 12.1. The largest absolute Gasteiger partial charge is 0.487 e. The Kier molecular flexibility index (Phi) is 7.09. The number of hydrazone groups is 1. The summed E-state index contributed by atoms with van der Waals surface area (Å²) in [5, 5.41) is 5.05. The van der Waals surface area contributed by atoms with E-state index in [1.807, 2.05) is 30.3 Å². The lowest BCUT2D eigenvalue weighted by molar-refractivity contribution is 0.0955. The third kappa shape index (κ3) is 5.58. The van der Waals surface area contributed by atoms with E-state index in [9.17, 15) is 4.79 Å². The van der Waals surface area contributed by atoms with Gasteiger partial charge in [-0.3, -0.25) is 4.79 Å². The Bertz CT molecular complexity index is 1020. The van der Waals surface area contributed by atoms with Gasteiger partial charge in [-0.05, 0) is 48.0 Å². The Morgan fingerprint density at radius 1 is 1.04 bits per heavy atom. The quantitative estimate of drug-likeness (QED) is 0.344. The molecule has 0 fully saturated rings. The van der Waals surface area contributed by atoms with Crippen LogP contribution < -0.4 is 10.2 Å². The van der Waals surface area contributed by atoms with Gasteiger partial charge in [0.15, 0.2) is 0 Å². The third-order valence-electron chi connectivity index (χ3n) is 3.76. The highest BCUT2D eigenvalue weighted by atomic mass is 79.9. The standard InChI is InChI=1S/C21H15BrCl2N2O2/c22-17-6-3-5-15(11-17)21(27)26-25-12-14-8-9-20(19(24)10-14)28-13-16-4-1-2-7-18(16)23/h1-12H,13H2,(H,26,27)/b25-12-. The molecule has 3 aromatic rings. The maximum absolute atomic E-state index is 12.1. The van der Waals surface area contributed by atoms with Crippen LogP contribution >= 0.6 is 39.1 Å². The van der Waals surface area contributed by atoms with Gasteiger partial charge in [-0.15, -0.1) is 0 Å². The van der Waals surface area contributed by atoms with Gasteiger partial charge in [0.1, 0.15) is 12.4 Å². The van der Waals surface area contributed by atoms with Crippen molar-refractivity contribution in [3.8, 4) is 5.75 Å². The summed E-state index contributed by atoms with van der Waals surface area (Å²) in [6.07, 6.45) is 1.51. The van der Waals surface area contributed by atoms with Crippen molar-refractivity contribution in [2.75, 3.05) is 0 Å². The van der Waals surface area contributed by atoms with Crippen molar-refractivity contribution in [3.05, 3.63) is 97.9 Å². The van der Waals surface area contributed by atoms with Gasteiger partial charge in [0, 0.05) is 20.6 Å². The predicted octanol–water partition coefficient (Wildman–Crippen LogP) is 6.10. The topological polar surface area (TPSA) is 50.7 Å². The van der Waals surface area contributed by atoms with Gasteiger partial charge in [0.05, 0.1) is 11.2 Å². The first kappa shape index (κ1) is 20.4. The number of amides is 1. The molecule has 28 heavy (non-hydrogen) atoms. The van der Waals surface area contributed by atoms with Crippen molar-refractivity contribution in [2.45, 2.75) is 6.61 Å². The van der Waals surface area contributed by atoms with Crippen LogP contribution in [0.5, 0.6) is 5.75 Å². The molecule has 0 radical (unpaired) electrons. The van der Waals surface area contributed by atoms with Crippen molar-refractivity contribution in [3.63, 3.8) is 0 Å². The second-order valence-electron chi connectivity index (χ2n) is 5.78. The van der Waals surface area contributed by atoms with Gasteiger partial charge in [-0.1, -0.05) is 63.4 Å².